The second-order valence-corrected chi connectivity index (χ2v) is 9.08. The fourth-order valence-electron chi connectivity index (χ4n) is 2.98. The van der Waals surface area contributed by atoms with Crippen molar-refractivity contribution in [1.29, 1.82) is 0 Å². The second-order valence-electron chi connectivity index (χ2n) is 6.20. The molecule has 2 heterocycles. The molecule has 2 aliphatic rings. The third-order valence-corrected chi connectivity index (χ3v) is 6.28. The summed E-state index contributed by atoms with van der Waals surface area (Å²) in [5.74, 6) is 0.877. The Labute approximate surface area is 132 Å². The van der Waals surface area contributed by atoms with Crippen LogP contribution in [0.5, 0.6) is 0 Å². The third-order valence-electron chi connectivity index (χ3n) is 4.41. The first-order valence-corrected chi connectivity index (χ1v) is 9.94. The molecule has 0 radical (unpaired) electrons. The smallest absolute Gasteiger partial charge is 0.244 e. The molecule has 2 fully saturated rings. The number of nitrogens with zero attached hydrogens (tertiary/aromatic N) is 1. The van der Waals surface area contributed by atoms with E-state index in [4.69, 9.17) is 0 Å². The van der Waals surface area contributed by atoms with Gasteiger partial charge in [-0.15, -0.1) is 11.3 Å². The first-order chi connectivity index (χ1) is 9.93. The van der Waals surface area contributed by atoms with Gasteiger partial charge in [0.2, 0.25) is 5.91 Å². The summed E-state index contributed by atoms with van der Waals surface area (Å²) in [7, 11) is -0.808. The number of hydrogen-bond donors (Lipinski definition) is 1. The van der Waals surface area contributed by atoms with Gasteiger partial charge in [-0.2, -0.15) is 0 Å². The summed E-state index contributed by atoms with van der Waals surface area (Å²) >= 11 is 1.74. The van der Waals surface area contributed by atoms with Crippen molar-refractivity contribution in [2.24, 2.45) is 0 Å². The van der Waals surface area contributed by atoms with Crippen LogP contribution in [0.25, 0.3) is 0 Å². The van der Waals surface area contributed by atoms with Gasteiger partial charge < -0.3 is 4.90 Å². The van der Waals surface area contributed by atoms with E-state index in [-0.39, 0.29) is 23.7 Å². The van der Waals surface area contributed by atoms with Crippen molar-refractivity contribution in [3.05, 3.63) is 21.9 Å². The highest BCUT2D eigenvalue weighted by Crippen LogP contribution is 2.47. The van der Waals surface area contributed by atoms with Gasteiger partial charge in [-0.3, -0.25) is 14.3 Å². The van der Waals surface area contributed by atoms with E-state index in [0.717, 1.165) is 19.3 Å². The SMILES string of the molecule is Cc1ccc(C2NC3(CC3)C(=O)N2C(C)CCS(C)=O)s1. The van der Waals surface area contributed by atoms with E-state index in [0.29, 0.717) is 5.75 Å². The summed E-state index contributed by atoms with van der Waals surface area (Å²) in [5.41, 5.74) is -0.303. The number of hydrogen-bond acceptors (Lipinski definition) is 4. The molecule has 1 aromatic rings. The number of amides is 1. The van der Waals surface area contributed by atoms with Crippen LogP contribution in [0.3, 0.4) is 0 Å². The summed E-state index contributed by atoms with van der Waals surface area (Å²) < 4.78 is 11.3. The molecule has 4 nitrogen and oxygen atoms in total. The molecule has 6 heteroatoms. The molecule has 1 aliphatic carbocycles. The van der Waals surface area contributed by atoms with Gasteiger partial charge in [0, 0.05) is 38.6 Å². The molecule has 21 heavy (non-hydrogen) atoms. The van der Waals surface area contributed by atoms with Gasteiger partial charge in [-0.1, -0.05) is 0 Å². The van der Waals surface area contributed by atoms with Crippen LogP contribution in [-0.4, -0.2) is 38.6 Å². The largest absolute Gasteiger partial charge is 0.318 e. The first kappa shape index (κ1) is 15.2. The fraction of sp³-hybridized carbons (Fsp3) is 0.667. The highest BCUT2D eigenvalue weighted by molar-refractivity contribution is 7.84. The molecular weight excluding hydrogens is 304 g/mol. The Balaban J connectivity index is 1.83. The van der Waals surface area contributed by atoms with Crippen LogP contribution in [0.15, 0.2) is 12.1 Å². The number of thiophene rings is 1. The molecule has 1 amide bonds. The minimum Gasteiger partial charge on any atom is -0.318 e. The van der Waals surface area contributed by atoms with E-state index in [9.17, 15) is 9.00 Å². The first-order valence-electron chi connectivity index (χ1n) is 7.40. The number of aryl methyl sites for hydroxylation is 1. The van der Waals surface area contributed by atoms with Crippen LogP contribution in [0.2, 0.25) is 0 Å². The Kier molecular flexibility index (Phi) is 3.96. The summed E-state index contributed by atoms with van der Waals surface area (Å²) in [5, 5.41) is 3.55. The van der Waals surface area contributed by atoms with Crippen molar-refractivity contribution in [2.75, 3.05) is 12.0 Å². The lowest BCUT2D eigenvalue weighted by Gasteiger charge is -2.29. The molecule has 1 aromatic heterocycles. The summed E-state index contributed by atoms with van der Waals surface area (Å²) in [6.45, 7) is 4.16. The molecule has 1 spiro atoms. The number of carbonyl (C=O) groups is 1. The van der Waals surface area contributed by atoms with Crippen LogP contribution < -0.4 is 5.32 Å². The highest BCUT2D eigenvalue weighted by Gasteiger charge is 2.60. The lowest BCUT2D eigenvalue weighted by Crippen LogP contribution is -2.39. The third kappa shape index (κ3) is 2.81. The van der Waals surface area contributed by atoms with Crippen LogP contribution in [0.1, 0.15) is 42.1 Å². The average molecular weight is 326 g/mol. The van der Waals surface area contributed by atoms with Gasteiger partial charge in [0.15, 0.2) is 0 Å². The predicted molar refractivity (Wildman–Crippen MR) is 86.8 cm³/mol. The van der Waals surface area contributed by atoms with Crippen molar-refractivity contribution in [3.8, 4) is 0 Å². The zero-order valence-corrected chi connectivity index (χ0v) is 14.4. The Morgan fingerprint density at radius 1 is 1.52 bits per heavy atom. The van der Waals surface area contributed by atoms with Gasteiger partial charge >= 0.3 is 0 Å². The number of carbonyl (C=O) groups excluding carboxylic acids is 1. The van der Waals surface area contributed by atoms with E-state index in [1.54, 1.807) is 17.6 Å². The molecular formula is C15H22N2O2S2. The molecule has 116 valence electrons. The number of rotatable bonds is 5. The predicted octanol–water partition coefficient (Wildman–Crippen LogP) is 2.18. The number of nitrogens with one attached hydrogen (secondary N) is 1. The molecule has 3 unspecified atom stereocenters. The molecule has 0 aromatic carbocycles. The molecule has 0 bridgehead atoms. The molecule has 3 rings (SSSR count). The van der Waals surface area contributed by atoms with Gasteiger partial charge in [0.05, 0.1) is 0 Å². The Hall–Kier alpha value is -0.720. The Bertz CT molecular complexity index is 580. The van der Waals surface area contributed by atoms with Crippen LogP contribution in [0, 0.1) is 6.92 Å². The van der Waals surface area contributed by atoms with Gasteiger partial charge in [-0.05, 0) is 45.2 Å². The molecule has 3 atom stereocenters. The van der Waals surface area contributed by atoms with E-state index >= 15 is 0 Å². The van der Waals surface area contributed by atoms with E-state index in [1.807, 2.05) is 4.90 Å². The van der Waals surface area contributed by atoms with Gasteiger partial charge in [0.1, 0.15) is 11.7 Å². The fourth-order valence-corrected chi connectivity index (χ4v) is 4.58. The van der Waals surface area contributed by atoms with Crippen molar-refractivity contribution in [3.63, 3.8) is 0 Å². The summed E-state index contributed by atoms with van der Waals surface area (Å²) in [6.07, 6.45) is 4.37. The van der Waals surface area contributed by atoms with Crippen LogP contribution >= 0.6 is 11.3 Å². The summed E-state index contributed by atoms with van der Waals surface area (Å²) in [4.78, 5) is 17.2. The zero-order chi connectivity index (χ0) is 15.2. The van der Waals surface area contributed by atoms with Crippen LogP contribution in [0.4, 0.5) is 0 Å². The lowest BCUT2D eigenvalue weighted by atomic mass is 10.2. The standard InChI is InChI=1S/C15H22N2O2S2/c1-10(6-9-21(3)19)17-13(12-5-4-11(2)20-12)16-15(7-8-15)14(17)18/h4-5,10,13,16H,6-9H2,1-3H3. The maximum absolute atomic E-state index is 12.8. The molecule has 1 saturated heterocycles. The Morgan fingerprint density at radius 2 is 2.24 bits per heavy atom. The minimum absolute atomic E-state index is 0.0148. The maximum Gasteiger partial charge on any atom is 0.244 e. The quantitative estimate of drug-likeness (QED) is 0.902. The van der Waals surface area contributed by atoms with E-state index in [1.165, 1.54) is 9.75 Å². The minimum atomic E-state index is -0.808. The zero-order valence-electron chi connectivity index (χ0n) is 12.7. The molecule has 1 aliphatic heterocycles. The second kappa shape index (κ2) is 5.48. The highest BCUT2D eigenvalue weighted by atomic mass is 32.2. The van der Waals surface area contributed by atoms with Crippen molar-refractivity contribution >= 4 is 28.0 Å². The van der Waals surface area contributed by atoms with Crippen molar-refractivity contribution in [1.82, 2.24) is 10.2 Å². The van der Waals surface area contributed by atoms with Crippen molar-refractivity contribution < 1.29 is 9.00 Å². The topological polar surface area (TPSA) is 49.4 Å². The van der Waals surface area contributed by atoms with Gasteiger partial charge in [-0.25, -0.2) is 0 Å². The van der Waals surface area contributed by atoms with Crippen LogP contribution in [-0.2, 0) is 15.6 Å². The van der Waals surface area contributed by atoms with E-state index < -0.39 is 10.8 Å². The summed E-state index contributed by atoms with van der Waals surface area (Å²) in [6, 6.07) is 4.33. The normalized spacial score (nSPS) is 26.3. The molecule has 1 saturated carbocycles. The molecule has 1 N–H and O–H groups in total. The van der Waals surface area contributed by atoms with E-state index in [2.05, 4.69) is 31.3 Å². The average Bonchev–Trinajstić information content (AvgIpc) is 2.99. The van der Waals surface area contributed by atoms with Crippen molar-refractivity contribution in [2.45, 2.75) is 50.9 Å². The maximum atomic E-state index is 12.8. The Morgan fingerprint density at radius 3 is 2.76 bits per heavy atom. The lowest BCUT2D eigenvalue weighted by molar-refractivity contribution is -0.132. The monoisotopic (exact) mass is 326 g/mol. The van der Waals surface area contributed by atoms with Gasteiger partial charge in [0.25, 0.3) is 0 Å².